The van der Waals surface area contributed by atoms with Crippen molar-refractivity contribution in [3.8, 4) is 0 Å². The van der Waals surface area contributed by atoms with E-state index in [4.69, 9.17) is 0 Å². The van der Waals surface area contributed by atoms with Gasteiger partial charge in [0.25, 0.3) is 0 Å². The maximum atomic E-state index is 10.8. The Morgan fingerprint density at radius 2 is 2.30 bits per heavy atom. The molecule has 0 aliphatic rings. The van der Waals surface area contributed by atoms with E-state index in [1.165, 1.54) is 0 Å². The molecule has 0 aliphatic heterocycles. The molecule has 3 nitrogen and oxygen atoms in total. The minimum Gasteiger partial charge on any atom is -0.362 e. The van der Waals surface area contributed by atoms with Gasteiger partial charge in [0.05, 0.1) is 6.04 Å². The van der Waals surface area contributed by atoms with Crippen molar-refractivity contribution < 1.29 is 4.79 Å². The topological polar surface area (TPSA) is 41.1 Å². The molecule has 10 heavy (non-hydrogen) atoms. The third kappa shape index (κ3) is 3.64. The smallest absolute Gasteiger partial charge is 0.181 e. The summed E-state index contributed by atoms with van der Waals surface area (Å²) in [6.45, 7) is 2.49. The quantitative estimate of drug-likeness (QED) is 0.468. The number of rotatable bonds is 5. The summed E-state index contributed by atoms with van der Waals surface area (Å²) in [4.78, 5) is 10.8. The standard InChI is InChI=1S/C6H15BN2O/c1-5(10)6(8-2)3-4-9-7/h6,8-9H,3-4,7H2,1-2H3. The summed E-state index contributed by atoms with van der Waals surface area (Å²) in [5.41, 5.74) is 0. The van der Waals surface area contributed by atoms with Crippen molar-refractivity contribution in [2.45, 2.75) is 19.4 Å². The first kappa shape index (κ1) is 9.65. The van der Waals surface area contributed by atoms with Gasteiger partial charge in [0.1, 0.15) is 5.78 Å². The Kier molecular flexibility index (Phi) is 5.25. The molecule has 1 unspecified atom stereocenters. The second-order valence-corrected chi connectivity index (χ2v) is 2.34. The number of ketones is 1. The molecule has 0 rings (SSSR count). The molecule has 0 aliphatic carbocycles. The Bertz CT molecular complexity index is 108. The molecule has 2 N–H and O–H groups in total. The monoisotopic (exact) mass is 142 g/mol. The van der Waals surface area contributed by atoms with Crippen LogP contribution in [0.2, 0.25) is 0 Å². The van der Waals surface area contributed by atoms with Crippen molar-refractivity contribution in [1.82, 2.24) is 10.5 Å². The first-order valence-electron chi connectivity index (χ1n) is 3.54. The van der Waals surface area contributed by atoms with Gasteiger partial charge in [-0.2, -0.15) is 0 Å². The zero-order valence-corrected chi connectivity index (χ0v) is 6.90. The third-order valence-corrected chi connectivity index (χ3v) is 1.52. The van der Waals surface area contributed by atoms with Gasteiger partial charge in [0, 0.05) is 0 Å². The van der Waals surface area contributed by atoms with Gasteiger partial charge in [0.2, 0.25) is 0 Å². The fraction of sp³-hybridized carbons (Fsp3) is 0.833. The van der Waals surface area contributed by atoms with E-state index in [2.05, 4.69) is 10.5 Å². The molecule has 0 amide bonds. The molecular formula is C6H15BN2O. The summed E-state index contributed by atoms with van der Waals surface area (Å²) < 4.78 is 0. The van der Waals surface area contributed by atoms with Crippen molar-refractivity contribution >= 4 is 13.8 Å². The highest BCUT2D eigenvalue weighted by Gasteiger charge is 2.08. The highest BCUT2D eigenvalue weighted by atomic mass is 16.1. The van der Waals surface area contributed by atoms with Crippen LogP contribution in [0.5, 0.6) is 0 Å². The second kappa shape index (κ2) is 5.44. The van der Waals surface area contributed by atoms with Crippen LogP contribution in [0.1, 0.15) is 13.3 Å². The molecule has 0 aromatic heterocycles. The van der Waals surface area contributed by atoms with Crippen LogP contribution in [-0.2, 0) is 4.79 Å². The maximum Gasteiger partial charge on any atom is 0.181 e. The number of carbonyl (C=O) groups excluding carboxylic acids is 1. The lowest BCUT2D eigenvalue weighted by Gasteiger charge is -2.11. The molecule has 58 valence electrons. The fourth-order valence-electron chi connectivity index (χ4n) is 0.840. The van der Waals surface area contributed by atoms with E-state index in [9.17, 15) is 4.79 Å². The Morgan fingerprint density at radius 1 is 1.70 bits per heavy atom. The molecule has 0 saturated heterocycles. The molecule has 0 aromatic rings. The minimum absolute atomic E-state index is 0.0208. The number of carbonyl (C=O) groups is 1. The molecule has 1 atom stereocenters. The molecule has 0 fully saturated rings. The summed E-state index contributed by atoms with van der Waals surface area (Å²) in [6.07, 6.45) is 0.863. The van der Waals surface area contributed by atoms with Crippen LogP contribution in [0.4, 0.5) is 0 Å². The SMILES string of the molecule is BNCCC(NC)C(C)=O. The van der Waals surface area contributed by atoms with Crippen molar-refractivity contribution in [3.05, 3.63) is 0 Å². The Balaban J connectivity index is 3.50. The number of hydrogen-bond acceptors (Lipinski definition) is 3. The highest BCUT2D eigenvalue weighted by Crippen LogP contribution is 1.89. The molecule has 0 aromatic carbocycles. The Morgan fingerprint density at radius 3 is 2.60 bits per heavy atom. The van der Waals surface area contributed by atoms with Crippen LogP contribution in [0.3, 0.4) is 0 Å². The molecule has 0 saturated carbocycles. The van der Waals surface area contributed by atoms with Gasteiger partial charge in [-0.1, -0.05) is 0 Å². The summed E-state index contributed by atoms with van der Waals surface area (Å²) in [5.74, 6) is 0.206. The predicted octanol–water partition coefficient (Wildman–Crippen LogP) is -1.31. The largest absolute Gasteiger partial charge is 0.362 e. The summed E-state index contributed by atoms with van der Waals surface area (Å²) in [5, 5.41) is 5.94. The van der Waals surface area contributed by atoms with Gasteiger partial charge in [-0.15, -0.1) is 0 Å². The van der Waals surface area contributed by atoms with E-state index in [1.54, 1.807) is 6.92 Å². The van der Waals surface area contributed by atoms with Crippen LogP contribution < -0.4 is 10.5 Å². The number of Topliss-reactive ketones (excluding diaryl/α,β-unsaturated/α-hetero) is 1. The van der Waals surface area contributed by atoms with Crippen LogP contribution in [-0.4, -0.2) is 33.4 Å². The number of nitrogens with one attached hydrogen (secondary N) is 2. The average molecular weight is 142 g/mol. The highest BCUT2D eigenvalue weighted by molar-refractivity contribution is 6.04. The lowest BCUT2D eigenvalue weighted by Crippen LogP contribution is -2.34. The molecular weight excluding hydrogens is 127 g/mol. The zero-order chi connectivity index (χ0) is 7.98. The molecule has 0 bridgehead atoms. The van der Waals surface area contributed by atoms with Gasteiger partial charge in [-0.3, -0.25) is 4.79 Å². The normalized spacial score (nSPS) is 13.0. The van der Waals surface area contributed by atoms with E-state index >= 15 is 0 Å². The van der Waals surface area contributed by atoms with Crippen molar-refractivity contribution in [1.29, 1.82) is 0 Å². The van der Waals surface area contributed by atoms with Crippen LogP contribution in [0.15, 0.2) is 0 Å². The third-order valence-electron chi connectivity index (χ3n) is 1.52. The van der Waals surface area contributed by atoms with Gasteiger partial charge in [-0.05, 0) is 26.9 Å². The van der Waals surface area contributed by atoms with Crippen molar-refractivity contribution in [3.63, 3.8) is 0 Å². The molecule has 0 radical (unpaired) electrons. The van der Waals surface area contributed by atoms with Gasteiger partial charge in [0.15, 0.2) is 7.98 Å². The van der Waals surface area contributed by atoms with Gasteiger partial charge >= 0.3 is 0 Å². The van der Waals surface area contributed by atoms with E-state index in [0.717, 1.165) is 13.0 Å². The van der Waals surface area contributed by atoms with Crippen molar-refractivity contribution in [2.24, 2.45) is 0 Å². The average Bonchev–Trinajstić information content (AvgIpc) is 1.89. The lowest BCUT2D eigenvalue weighted by molar-refractivity contribution is -0.118. The molecule has 0 spiro atoms. The minimum atomic E-state index is 0.0208. The number of likely N-dealkylation sites (N-methyl/N-ethyl adjacent to an activating group) is 1. The van der Waals surface area contributed by atoms with Crippen LogP contribution >= 0.6 is 0 Å². The maximum absolute atomic E-state index is 10.8. The predicted molar refractivity (Wildman–Crippen MR) is 44.7 cm³/mol. The van der Waals surface area contributed by atoms with Gasteiger partial charge in [-0.25, -0.2) is 0 Å². The van der Waals surface area contributed by atoms with Crippen molar-refractivity contribution in [2.75, 3.05) is 13.6 Å². The van der Waals surface area contributed by atoms with E-state index in [0.29, 0.717) is 0 Å². The summed E-state index contributed by atoms with van der Waals surface area (Å²) >= 11 is 0. The molecule has 0 heterocycles. The van der Waals surface area contributed by atoms with Crippen LogP contribution in [0.25, 0.3) is 0 Å². The molecule has 4 heteroatoms. The lowest BCUT2D eigenvalue weighted by atomic mass is 10.1. The Hall–Kier alpha value is -0.345. The van der Waals surface area contributed by atoms with E-state index in [1.807, 2.05) is 15.0 Å². The van der Waals surface area contributed by atoms with Gasteiger partial charge < -0.3 is 10.5 Å². The number of hydrogen-bond donors (Lipinski definition) is 2. The Labute approximate surface area is 63.0 Å². The van der Waals surface area contributed by atoms with Crippen LogP contribution in [0, 0.1) is 0 Å². The first-order chi connectivity index (χ1) is 4.72. The summed E-state index contributed by atoms with van der Waals surface area (Å²) in [7, 11) is 3.69. The van der Waals surface area contributed by atoms with E-state index in [-0.39, 0.29) is 11.8 Å². The second-order valence-electron chi connectivity index (χ2n) is 2.34. The summed E-state index contributed by atoms with van der Waals surface area (Å²) in [6, 6.07) is 0.0208. The zero-order valence-electron chi connectivity index (χ0n) is 6.90. The fourth-order valence-corrected chi connectivity index (χ4v) is 0.840. The first-order valence-corrected chi connectivity index (χ1v) is 3.54. The van der Waals surface area contributed by atoms with E-state index < -0.39 is 0 Å².